The lowest BCUT2D eigenvalue weighted by Gasteiger charge is -2.18. The van der Waals surface area contributed by atoms with Crippen molar-refractivity contribution < 1.29 is 14.6 Å². The summed E-state index contributed by atoms with van der Waals surface area (Å²) in [5.74, 6) is 0.128. The molecule has 0 aliphatic heterocycles. The lowest BCUT2D eigenvalue weighted by Crippen LogP contribution is -2.31. The summed E-state index contributed by atoms with van der Waals surface area (Å²) in [6.45, 7) is 0.692. The highest BCUT2D eigenvalue weighted by molar-refractivity contribution is 7.10. The molecule has 0 saturated carbocycles. The smallest absolute Gasteiger partial charge is 0.303 e. The summed E-state index contributed by atoms with van der Waals surface area (Å²) in [5.41, 5.74) is 1.21. The number of benzene rings is 1. The number of ether oxygens (including phenoxy) is 1. The molecular formula is C17H21NO3S. The van der Waals surface area contributed by atoms with E-state index in [0.29, 0.717) is 13.0 Å². The van der Waals surface area contributed by atoms with E-state index < -0.39 is 5.97 Å². The summed E-state index contributed by atoms with van der Waals surface area (Å²) < 4.78 is 5.31. The van der Waals surface area contributed by atoms with Gasteiger partial charge in [-0.25, -0.2) is 0 Å². The van der Waals surface area contributed by atoms with E-state index in [1.165, 1.54) is 5.56 Å². The SMILES string of the molecule is COc1ccsc1CNC(CCC(=O)O)Cc1ccccc1. The number of aliphatic carboxylic acids is 1. The molecule has 1 heterocycles. The van der Waals surface area contributed by atoms with Crippen molar-refractivity contribution in [3.05, 3.63) is 52.2 Å². The van der Waals surface area contributed by atoms with Gasteiger partial charge in [-0.05, 0) is 29.9 Å². The van der Waals surface area contributed by atoms with E-state index in [2.05, 4.69) is 17.4 Å². The highest BCUT2D eigenvalue weighted by atomic mass is 32.1. The summed E-state index contributed by atoms with van der Waals surface area (Å²) in [4.78, 5) is 12.0. The molecule has 1 aromatic heterocycles. The van der Waals surface area contributed by atoms with Gasteiger partial charge in [-0.15, -0.1) is 11.3 Å². The number of methoxy groups -OCH3 is 1. The van der Waals surface area contributed by atoms with Gasteiger partial charge in [0.25, 0.3) is 0 Å². The van der Waals surface area contributed by atoms with Crippen molar-refractivity contribution in [2.75, 3.05) is 7.11 Å². The molecule has 0 bridgehead atoms. The third kappa shape index (κ3) is 5.16. The van der Waals surface area contributed by atoms with E-state index in [1.54, 1.807) is 18.4 Å². The van der Waals surface area contributed by atoms with Crippen LogP contribution < -0.4 is 10.1 Å². The van der Waals surface area contributed by atoms with Gasteiger partial charge in [-0.2, -0.15) is 0 Å². The Kier molecular flexibility index (Phi) is 6.43. The molecule has 2 N–H and O–H groups in total. The summed E-state index contributed by atoms with van der Waals surface area (Å²) in [6, 6.07) is 12.2. The Balaban J connectivity index is 1.96. The van der Waals surface area contributed by atoms with Crippen molar-refractivity contribution in [2.45, 2.75) is 31.8 Å². The van der Waals surface area contributed by atoms with E-state index in [9.17, 15) is 4.79 Å². The zero-order chi connectivity index (χ0) is 15.8. The number of nitrogens with one attached hydrogen (secondary N) is 1. The first-order valence-electron chi connectivity index (χ1n) is 7.28. The van der Waals surface area contributed by atoms with Crippen LogP contribution in [0.4, 0.5) is 0 Å². The average molecular weight is 319 g/mol. The highest BCUT2D eigenvalue weighted by Crippen LogP contribution is 2.24. The third-order valence-corrected chi connectivity index (χ3v) is 4.41. The number of hydrogen-bond acceptors (Lipinski definition) is 4. The fraction of sp³-hybridized carbons (Fsp3) is 0.353. The molecule has 1 atom stereocenters. The Labute approximate surface area is 134 Å². The second-order valence-electron chi connectivity index (χ2n) is 5.11. The van der Waals surface area contributed by atoms with Gasteiger partial charge in [0.1, 0.15) is 5.75 Å². The Morgan fingerprint density at radius 3 is 2.77 bits per heavy atom. The van der Waals surface area contributed by atoms with Crippen LogP contribution in [-0.2, 0) is 17.8 Å². The first-order valence-corrected chi connectivity index (χ1v) is 8.16. The minimum Gasteiger partial charge on any atom is -0.496 e. The highest BCUT2D eigenvalue weighted by Gasteiger charge is 2.13. The van der Waals surface area contributed by atoms with Gasteiger partial charge in [0.2, 0.25) is 0 Å². The van der Waals surface area contributed by atoms with Crippen LogP contribution >= 0.6 is 11.3 Å². The van der Waals surface area contributed by atoms with Crippen LogP contribution in [-0.4, -0.2) is 24.2 Å². The van der Waals surface area contributed by atoms with Crippen molar-refractivity contribution in [1.82, 2.24) is 5.32 Å². The zero-order valence-corrected chi connectivity index (χ0v) is 13.4. The fourth-order valence-electron chi connectivity index (χ4n) is 2.35. The van der Waals surface area contributed by atoms with Gasteiger partial charge >= 0.3 is 5.97 Å². The minimum absolute atomic E-state index is 0.130. The molecular weight excluding hydrogens is 298 g/mol. The Hall–Kier alpha value is -1.85. The summed E-state index contributed by atoms with van der Waals surface area (Å²) in [7, 11) is 1.66. The molecule has 0 saturated heterocycles. The molecule has 1 aromatic carbocycles. The van der Waals surface area contributed by atoms with E-state index in [-0.39, 0.29) is 12.5 Å². The molecule has 0 radical (unpaired) electrons. The Morgan fingerprint density at radius 1 is 1.32 bits per heavy atom. The molecule has 0 fully saturated rings. The summed E-state index contributed by atoms with van der Waals surface area (Å²) in [5, 5.41) is 14.4. The summed E-state index contributed by atoms with van der Waals surface area (Å²) >= 11 is 1.64. The molecule has 0 aliphatic carbocycles. The number of rotatable bonds is 9. The van der Waals surface area contributed by atoms with Gasteiger partial charge in [0, 0.05) is 19.0 Å². The van der Waals surface area contributed by atoms with Gasteiger partial charge < -0.3 is 15.2 Å². The lowest BCUT2D eigenvalue weighted by atomic mass is 10.0. The zero-order valence-electron chi connectivity index (χ0n) is 12.6. The number of thiophene rings is 1. The number of carboxylic acid groups (broad SMARTS) is 1. The van der Waals surface area contributed by atoms with Gasteiger partial charge in [-0.1, -0.05) is 30.3 Å². The maximum atomic E-state index is 10.8. The maximum Gasteiger partial charge on any atom is 0.303 e. The van der Waals surface area contributed by atoms with Crippen molar-refractivity contribution in [2.24, 2.45) is 0 Å². The van der Waals surface area contributed by atoms with E-state index in [1.807, 2.05) is 29.6 Å². The molecule has 4 nitrogen and oxygen atoms in total. The van der Waals surface area contributed by atoms with Crippen LogP contribution in [0, 0.1) is 0 Å². The molecule has 5 heteroatoms. The van der Waals surface area contributed by atoms with Gasteiger partial charge in [0.15, 0.2) is 0 Å². The maximum absolute atomic E-state index is 10.8. The second kappa shape index (κ2) is 8.56. The predicted octanol–water partition coefficient (Wildman–Crippen LogP) is 3.32. The van der Waals surface area contributed by atoms with Crippen molar-refractivity contribution in [1.29, 1.82) is 0 Å². The van der Waals surface area contributed by atoms with Crippen LogP contribution in [0.25, 0.3) is 0 Å². The van der Waals surface area contributed by atoms with Gasteiger partial charge in [0.05, 0.1) is 12.0 Å². The molecule has 22 heavy (non-hydrogen) atoms. The quantitative estimate of drug-likeness (QED) is 0.744. The van der Waals surface area contributed by atoms with Crippen LogP contribution in [0.1, 0.15) is 23.3 Å². The fourth-order valence-corrected chi connectivity index (χ4v) is 3.14. The van der Waals surface area contributed by atoms with Crippen molar-refractivity contribution in [3.8, 4) is 5.75 Å². The Bertz CT molecular complexity index is 583. The monoisotopic (exact) mass is 319 g/mol. The second-order valence-corrected chi connectivity index (χ2v) is 6.11. The molecule has 0 aliphatic rings. The molecule has 2 rings (SSSR count). The number of hydrogen-bond donors (Lipinski definition) is 2. The first kappa shape index (κ1) is 16.5. The van der Waals surface area contributed by atoms with Crippen molar-refractivity contribution in [3.63, 3.8) is 0 Å². The standard InChI is InChI=1S/C17H21NO3S/c1-21-15-9-10-22-16(15)12-18-14(7-8-17(19)20)11-13-5-3-2-4-6-13/h2-6,9-10,14,18H,7-8,11-12H2,1H3,(H,19,20). The third-order valence-electron chi connectivity index (χ3n) is 3.51. The van der Waals surface area contributed by atoms with Crippen LogP contribution in [0.2, 0.25) is 0 Å². The van der Waals surface area contributed by atoms with Crippen LogP contribution in [0.5, 0.6) is 5.75 Å². The predicted molar refractivity (Wildman–Crippen MR) is 88.5 cm³/mol. The van der Waals surface area contributed by atoms with Crippen molar-refractivity contribution >= 4 is 17.3 Å². The topological polar surface area (TPSA) is 58.6 Å². The normalized spacial score (nSPS) is 12.0. The number of carboxylic acids is 1. The molecule has 1 unspecified atom stereocenters. The molecule has 2 aromatic rings. The van der Waals surface area contributed by atoms with E-state index in [4.69, 9.17) is 9.84 Å². The van der Waals surface area contributed by atoms with Crippen LogP contribution in [0.15, 0.2) is 41.8 Å². The van der Waals surface area contributed by atoms with E-state index >= 15 is 0 Å². The Morgan fingerprint density at radius 2 is 2.09 bits per heavy atom. The first-order chi connectivity index (χ1) is 10.7. The van der Waals surface area contributed by atoms with Gasteiger partial charge in [-0.3, -0.25) is 4.79 Å². The van der Waals surface area contributed by atoms with E-state index in [0.717, 1.165) is 17.0 Å². The molecule has 0 amide bonds. The number of carbonyl (C=O) groups is 1. The molecule has 0 spiro atoms. The largest absolute Gasteiger partial charge is 0.496 e. The lowest BCUT2D eigenvalue weighted by molar-refractivity contribution is -0.137. The minimum atomic E-state index is -0.756. The average Bonchev–Trinajstić information content (AvgIpc) is 2.98. The summed E-state index contributed by atoms with van der Waals surface area (Å²) in [6.07, 6.45) is 1.60. The van der Waals surface area contributed by atoms with Crippen LogP contribution in [0.3, 0.4) is 0 Å². The molecule has 118 valence electrons.